The molecule has 2 nitrogen and oxygen atoms in total. The molecule has 0 radical (unpaired) electrons. The van der Waals surface area contributed by atoms with Crippen molar-refractivity contribution < 1.29 is 5.11 Å². The molecule has 0 aromatic rings. The van der Waals surface area contributed by atoms with Crippen molar-refractivity contribution in [2.45, 2.75) is 46.7 Å². The Hall–Kier alpha value is 0.270. The Bertz CT molecular complexity index is 109. The third kappa shape index (κ3) is 6.36. The topological polar surface area (TPSA) is 23.5 Å². The SMILES string of the molecule is CC(C)N(C[C@H](C)CO)C(C)C.S. The second-order valence-electron chi connectivity index (χ2n) is 4.17. The average molecular weight is 207 g/mol. The summed E-state index contributed by atoms with van der Waals surface area (Å²) < 4.78 is 0. The van der Waals surface area contributed by atoms with Gasteiger partial charge in [-0.1, -0.05) is 6.92 Å². The van der Waals surface area contributed by atoms with Crippen molar-refractivity contribution in [3.05, 3.63) is 0 Å². The molecule has 0 aliphatic rings. The van der Waals surface area contributed by atoms with Gasteiger partial charge in [0.05, 0.1) is 0 Å². The van der Waals surface area contributed by atoms with Gasteiger partial charge in [0.15, 0.2) is 0 Å². The standard InChI is InChI=1S/C10H23NO.H2S/c1-8(2)11(9(3)4)6-10(5)7-12;/h8-10,12H,6-7H2,1-5H3;1H2/t10-;/m0./s1. The molecule has 0 unspecified atom stereocenters. The van der Waals surface area contributed by atoms with Gasteiger partial charge in [0.25, 0.3) is 0 Å². The minimum Gasteiger partial charge on any atom is -0.396 e. The summed E-state index contributed by atoms with van der Waals surface area (Å²) in [5.74, 6) is 0.384. The van der Waals surface area contributed by atoms with Crippen molar-refractivity contribution in [2.24, 2.45) is 5.92 Å². The summed E-state index contributed by atoms with van der Waals surface area (Å²) in [6, 6.07) is 1.14. The first kappa shape index (κ1) is 15.7. The molecule has 0 aliphatic carbocycles. The maximum atomic E-state index is 8.92. The lowest BCUT2D eigenvalue weighted by Crippen LogP contribution is -2.40. The summed E-state index contributed by atoms with van der Waals surface area (Å²) in [6.45, 7) is 12.2. The first-order chi connectivity index (χ1) is 5.49. The molecule has 82 valence electrons. The van der Waals surface area contributed by atoms with Gasteiger partial charge < -0.3 is 5.11 Å². The van der Waals surface area contributed by atoms with Crippen molar-refractivity contribution in [2.75, 3.05) is 13.2 Å². The predicted molar refractivity (Wildman–Crippen MR) is 63.6 cm³/mol. The molecule has 0 heterocycles. The van der Waals surface area contributed by atoms with Gasteiger partial charge >= 0.3 is 0 Å². The Kier molecular flexibility index (Phi) is 9.26. The number of aliphatic hydroxyl groups excluding tert-OH is 1. The van der Waals surface area contributed by atoms with Crippen molar-refractivity contribution in [3.63, 3.8) is 0 Å². The molecule has 0 spiro atoms. The highest BCUT2D eigenvalue weighted by Crippen LogP contribution is 2.08. The third-order valence-corrected chi connectivity index (χ3v) is 2.16. The van der Waals surface area contributed by atoms with Gasteiger partial charge in [-0.15, -0.1) is 0 Å². The maximum Gasteiger partial charge on any atom is 0.0468 e. The van der Waals surface area contributed by atoms with Gasteiger partial charge in [0, 0.05) is 25.2 Å². The minimum absolute atomic E-state index is 0. The van der Waals surface area contributed by atoms with Crippen molar-refractivity contribution >= 4 is 13.5 Å². The fourth-order valence-corrected chi connectivity index (χ4v) is 1.44. The zero-order chi connectivity index (χ0) is 9.72. The highest BCUT2D eigenvalue weighted by Gasteiger charge is 2.15. The van der Waals surface area contributed by atoms with Crippen molar-refractivity contribution in [1.82, 2.24) is 4.90 Å². The van der Waals surface area contributed by atoms with E-state index in [0.29, 0.717) is 18.0 Å². The third-order valence-electron chi connectivity index (χ3n) is 2.16. The Morgan fingerprint density at radius 2 is 1.38 bits per heavy atom. The van der Waals surface area contributed by atoms with E-state index in [0.717, 1.165) is 6.54 Å². The van der Waals surface area contributed by atoms with E-state index in [-0.39, 0.29) is 20.1 Å². The lowest BCUT2D eigenvalue weighted by atomic mass is 10.1. The predicted octanol–water partition coefficient (Wildman–Crippen LogP) is 1.85. The minimum atomic E-state index is 0. The summed E-state index contributed by atoms with van der Waals surface area (Å²) in [4.78, 5) is 2.40. The highest BCUT2D eigenvalue weighted by atomic mass is 32.1. The zero-order valence-corrected chi connectivity index (χ0v) is 10.5. The average Bonchev–Trinajstić information content (AvgIpc) is 1.98. The molecule has 0 aliphatic heterocycles. The summed E-state index contributed by atoms with van der Waals surface area (Å²) in [7, 11) is 0. The second kappa shape index (κ2) is 7.65. The highest BCUT2D eigenvalue weighted by molar-refractivity contribution is 7.59. The van der Waals surface area contributed by atoms with Gasteiger partial charge in [0.1, 0.15) is 0 Å². The number of hydrogen-bond acceptors (Lipinski definition) is 2. The van der Waals surface area contributed by atoms with Crippen LogP contribution in [0.4, 0.5) is 0 Å². The van der Waals surface area contributed by atoms with Crippen LogP contribution in [0, 0.1) is 5.92 Å². The fraction of sp³-hybridized carbons (Fsp3) is 1.00. The van der Waals surface area contributed by atoms with Crippen molar-refractivity contribution in [3.8, 4) is 0 Å². The first-order valence-electron chi connectivity index (χ1n) is 4.85. The van der Waals surface area contributed by atoms with Crippen LogP contribution >= 0.6 is 13.5 Å². The number of rotatable bonds is 5. The fourth-order valence-electron chi connectivity index (χ4n) is 1.44. The summed E-state index contributed by atoms with van der Waals surface area (Å²) in [6.07, 6.45) is 0. The van der Waals surface area contributed by atoms with E-state index in [1.807, 2.05) is 0 Å². The van der Waals surface area contributed by atoms with E-state index >= 15 is 0 Å². The van der Waals surface area contributed by atoms with E-state index in [2.05, 4.69) is 39.5 Å². The van der Waals surface area contributed by atoms with Crippen LogP contribution in [-0.4, -0.2) is 35.2 Å². The molecule has 0 rings (SSSR count). The van der Waals surface area contributed by atoms with E-state index in [9.17, 15) is 0 Å². The van der Waals surface area contributed by atoms with Crippen LogP contribution in [0.1, 0.15) is 34.6 Å². The van der Waals surface area contributed by atoms with E-state index in [1.54, 1.807) is 0 Å². The zero-order valence-electron chi connectivity index (χ0n) is 9.54. The Morgan fingerprint density at radius 1 is 1.00 bits per heavy atom. The van der Waals surface area contributed by atoms with Crippen LogP contribution in [-0.2, 0) is 0 Å². The lowest BCUT2D eigenvalue weighted by molar-refractivity contribution is 0.121. The molecule has 13 heavy (non-hydrogen) atoms. The van der Waals surface area contributed by atoms with E-state index in [4.69, 9.17) is 5.11 Å². The molecule has 0 saturated carbocycles. The molecule has 0 aromatic heterocycles. The van der Waals surface area contributed by atoms with Gasteiger partial charge in [-0.25, -0.2) is 0 Å². The molecule has 0 fully saturated rings. The van der Waals surface area contributed by atoms with Crippen LogP contribution in [0.3, 0.4) is 0 Å². The largest absolute Gasteiger partial charge is 0.396 e. The first-order valence-corrected chi connectivity index (χ1v) is 4.85. The van der Waals surface area contributed by atoms with Crippen molar-refractivity contribution in [1.29, 1.82) is 0 Å². The Labute approximate surface area is 89.8 Å². The molecule has 0 aromatic carbocycles. The summed E-state index contributed by atoms with van der Waals surface area (Å²) in [5, 5.41) is 8.92. The second-order valence-corrected chi connectivity index (χ2v) is 4.17. The molecule has 1 N–H and O–H groups in total. The number of aliphatic hydroxyl groups is 1. The van der Waals surface area contributed by atoms with Gasteiger partial charge in [0.2, 0.25) is 0 Å². The molecule has 0 amide bonds. The van der Waals surface area contributed by atoms with Crippen LogP contribution in [0.5, 0.6) is 0 Å². The van der Waals surface area contributed by atoms with E-state index in [1.165, 1.54) is 0 Å². The molecule has 0 saturated heterocycles. The molecular weight excluding hydrogens is 182 g/mol. The Balaban J connectivity index is 0. The summed E-state index contributed by atoms with van der Waals surface area (Å²) >= 11 is 0. The van der Waals surface area contributed by atoms with Crippen LogP contribution < -0.4 is 0 Å². The van der Waals surface area contributed by atoms with E-state index < -0.39 is 0 Å². The summed E-state index contributed by atoms with van der Waals surface area (Å²) in [5.41, 5.74) is 0. The molecule has 0 bridgehead atoms. The number of nitrogens with zero attached hydrogens (tertiary/aromatic N) is 1. The monoisotopic (exact) mass is 207 g/mol. The van der Waals surface area contributed by atoms with Crippen LogP contribution in [0.2, 0.25) is 0 Å². The smallest absolute Gasteiger partial charge is 0.0468 e. The van der Waals surface area contributed by atoms with Crippen LogP contribution in [0.15, 0.2) is 0 Å². The molecule has 1 atom stereocenters. The quantitative estimate of drug-likeness (QED) is 0.744. The normalized spacial score (nSPS) is 13.6. The Morgan fingerprint density at radius 3 is 1.62 bits per heavy atom. The molecular formula is C10H25NOS. The van der Waals surface area contributed by atoms with Gasteiger partial charge in [-0.05, 0) is 33.6 Å². The van der Waals surface area contributed by atoms with Gasteiger partial charge in [-0.2, -0.15) is 13.5 Å². The lowest BCUT2D eigenvalue weighted by Gasteiger charge is -2.32. The van der Waals surface area contributed by atoms with Gasteiger partial charge in [-0.3, -0.25) is 4.90 Å². The number of hydrogen-bond donors (Lipinski definition) is 1. The maximum absolute atomic E-state index is 8.92. The molecule has 3 heteroatoms. The van der Waals surface area contributed by atoms with Crippen LogP contribution in [0.25, 0.3) is 0 Å².